The molecule has 0 spiro atoms. The maximum Gasteiger partial charge on any atom is 0.416 e. The molecule has 0 radical (unpaired) electrons. The van der Waals surface area contributed by atoms with Gasteiger partial charge in [-0.3, -0.25) is 4.98 Å². The van der Waals surface area contributed by atoms with Gasteiger partial charge >= 0.3 is 6.18 Å². The highest BCUT2D eigenvalue weighted by Gasteiger charge is 2.30. The molecule has 0 unspecified atom stereocenters. The second-order valence-corrected chi connectivity index (χ2v) is 5.99. The van der Waals surface area contributed by atoms with Crippen LogP contribution in [0.3, 0.4) is 0 Å². The molecule has 5 nitrogen and oxygen atoms in total. The number of hydrogen-bond acceptors (Lipinski definition) is 5. The summed E-state index contributed by atoms with van der Waals surface area (Å²) < 4.78 is 43.2. The molecule has 0 saturated heterocycles. The van der Waals surface area contributed by atoms with Crippen molar-refractivity contribution >= 4 is 16.7 Å². The van der Waals surface area contributed by atoms with Crippen LogP contribution in [0.15, 0.2) is 48.8 Å². The summed E-state index contributed by atoms with van der Waals surface area (Å²) in [6.45, 7) is 0.428. The quantitative estimate of drug-likeness (QED) is 0.685. The van der Waals surface area contributed by atoms with Gasteiger partial charge in [0.05, 0.1) is 23.8 Å². The molecule has 1 aromatic carbocycles. The van der Waals surface area contributed by atoms with Crippen LogP contribution in [-0.2, 0) is 10.9 Å². The Morgan fingerprint density at radius 2 is 1.89 bits per heavy atom. The molecule has 0 saturated carbocycles. The van der Waals surface area contributed by atoms with Gasteiger partial charge in [0.25, 0.3) is 0 Å². The molecule has 27 heavy (non-hydrogen) atoms. The second kappa shape index (κ2) is 7.89. The number of rotatable bonds is 6. The minimum absolute atomic E-state index is 0.187. The maximum atomic E-state index is 12.8. The molecular formula is C19H18F3N3O2. The first-order valence-corrected chi connectivity index (χ1v) is 8.22. The fourth-order valence-electron chi connectivity index (χ4n) is 2.73. The lowest BCUT2D eigenvalue weighted by Gasteiger charge is -2.14. The van der Waals surface area contributed by atoms with Crippen molar-refractivity contribution in [2.24, 2.45) is 0 Å². The van der Waals surface area contributed by atoms with Crippen molar-refractivity contribution in [2.75, 3.05) is 25.6 Å². The van der Waals surface area contributed by atoms with Gasteiger partial charge in [0.15, 0.2) is 0 Å². The van der Waals surface area contributed by atoms with E-state index < -0.39 is 17.8 Å². The average Bonchev–Trinajstić information content (AvgIpc) is 2.66. The largest absolute Gasteiger partial charge is 0.416 e. The van der Waals surface area contributed by atoms with Gasteiger partial charge in [-0.1, -0.05) is 12.1 Å². The van der Waals surface area contributed by atoms with Gasteiger partial charge in [0, 0.05) is 37.0 Å². The van der Waals surface area contributed by atoms with Gasteiger partial charge in [-0.2, -0.15) is 13.2 Å². The van der Waals surface area contributed by atoms with E-state index in [1.165, 1.54) is 19.2 Å². The highest BCUT2D eigenvalue weighted by Crippen LogP contribution is 2.33. The van der Waals surface area contributed by atoms with E-state index in [1.54, 1.807) is 18.5 Å². The fourth-order valence-corrected chi connectivity index (χ4v) is 2.73. The van der Waals surface area contributed by atoms with E-state index in [0.717, 1.165) is 12.1 Å². The van der Waals surface area contributed by atoms with Crippen LogP contribution in [0.25, 0.3) is 22.0 Å². The minimum Gasteiger partial charge on any atom is -0.389 e. The van der Waals surface area contributed by atoms with E-state index in [4.69, 9.17) is 4.74 Å². The number of pyridine rings is 2. The molecule has 0 fully saturated rings. The zero-order valence-corrected chi connectivity index (χ0v) is 14.5. The van der Waals surface area contributed by atoms with Gasteiger partial charge in [-0.15, -0.1) is 0 Å². The molecule has 2 N–H and O–H groups in total. The summed E-state index contributed by atoms with van der Waals surface area (Å²) in [4.78, 5) is 8.72. The zero-order valence-electron chi connectivity index (χ0n) is 14.5. The predicted molar refractivity (Wildman–Crippen MR) is 96.3 cm³/mol. The molecule has 0 bridgehead atoms. The molecule has 2 aromatic heterocycles. The predicted octanol–water partition coefficient (Wildman–Crippen LogP) is 3.73. The van der Waals surface area contributed by atoms with Gasteiger partial charge in [-0.05, 0) is 29.8 Å². The number of anilines is 1. The van der Waals surface area contributed by atoms with Crippen molar-refractivity contribution in [1.82, 2.24) is 9.97 Å². The number of aliphatic hydroxyl groups is 1. The highest BCUT2D eigenvalue weighted by molar-refractivity contribution is 5.98. The van der Waals surface area contributed by atoms with Crippen molar-refractivity contribution in [2.45, 2.75) is 12.3 Å². The molecule has 0 aliphatic heterocycles. The fraction of sp³-hybridized carbons (Fsp3) is 0.263. The van der Waals surface area contributed by atoms with E-state index in [9.17, 15) is 18.3 Å². The smallest absolute Gasteiger partial charge is 0.389 e. The van der Waals surface area contributed by atoms with E-state index >= 15 is 0 Å². The standard InChI is InChI=1S/C19H18F3N3O2/c1-27-11-14(26)9-24-18-15-3-2-8-23-17(15)16(10-25-18)12-4-6-13(7-5-12)19(20,21)22/h2-8,10,14,26H,9,11H2,1H3,(H,24,25)/t14-/m1/s1. The van der Waals surface area contributed by atoms with Crippen LogP contribution in [0.2, 0.25) is 0 Å². The molecule has 2 heterocycles. The van der Waals surface area contributed by atoms with Gasteiger partial charge < -0.3 is 15.2 Å². The summed E-state index contributed by atoms with van der Waals surface area (Å²) >= 11 is 0. The highest BCUT2D eigenvalue weighted by atomic mass is 19.4. The Balaban J connectivity index is 1.95. The Morgan fingerprint density at radius 1 is 1.15 bits per heavy atom. The third kappa shape index (κ3) is 4.35. The molecule has 0 aliphatic carbocycles. The van der Waals surface area contributed by atoms with E-state index in [-0.39, 0.29) is 13.2 Å². The van der Waals surface area contributed by atoms with Crippen LogP contribution in [0, 0.1) is 0 Å². The normalized spacial score (nSPS) is 12.9. The summed E-state index contributed by atoms with van der Waals surface area (Å²) in [5.41, 5.74) is 1.12. The first-order valence-electron chi connectivity index (χ1n) is 8.22. The number of alkyl halides is 3. The van der Waals surface area contributed by atoms with E-state index in [0.29, 0.717) is 27.8 Å². The molecule has 3 aromatic rings. The summed E-state index contributed by atoms with van der Waals surface area (Å²) in [7, 11) is 1.50. The maximum absolute atomic E-state index is 12.8. The van der Waals surface area contributed by atoms with Crippen molar-refractivity contribution in [3.05, 3.63) is 54.4 Å². The Kier molecular flexibility index (Phi) is 5.57. The van der Waals surface area contributed by atoms with Crippen LogP contribution in [-0.4, -0.2) is 41.4 Å². The number of methoxy groups -OCH3 is 1. The van der Waals surface area contributed by atoms with Crippen LogP contribution < -0.4 is 5.32 Å². The summed E-state index contributed by atoms with van der Waals surface area (Å²) in [5, 5.41) is 13.5. The Morgan fingerprint density at radius 3 is 2.56 bits per heavy atom. The van der Waals surface area contributed by atoms with Crippen LogP contribution in [0.5, 0.6) is 0 Å². The van der Waals surface area contributed by atoms with Crippen LogP contribution in [0.1, 0.15) is 5.56 Å². The van der Waals surface area contributed by atoms with Gasteiger partial charge in [-0.25, -0.2) is 4.98 Å². The number of aromatic nitrogens is 2. The first-order chi connectivity index (χ1) is 12.9. The van der Waals surface area contributed by atoms with Crippen molar-refractivity contribution in [1.29, 1.82) is 0 Å². The Bertz CT molecular complexity index is 914. The Hall–Kier alpha value is -2.71. The molecular weight excluding hydrogens is 359 g/mol. The number of fused-ring (bicyclic) bond motifs is 1. The second-order valence-electron chi connectivity index (χ2n) is 5.99. The first kappa shape index (κ1) is 19.1. The number of halogens is 3. The number of ether oxygens (including phenoxy) is 1. The lowest BCUT2D eigenvalue weighted by Crippen LogP contribution is -2.24. The molecule has 1 atom stereocenters. The SMILES string of the molecule is COC[C@H](O)CNc1ncc(-c2ccc(C(F)(F)F)cc2)c2ncccc12. The topological polar surface area (TPSA) is 67.3 Å². The third-order valence-corrected chi connectivity index (χ3v) is 4.03. The van der Waals surface area contributed by atoms with Crippen molar-refractivity contribution in [3.63, 3.8) is 0 Å². The molecule has 0 aliphatic rings. The molecule has 0 amide bonds. The lowest BCUT2D eigenvalue weighted by atomic mass is 10.0. The number of nitrogens with zero attached hydrogens (tertiary/aromatic N) is 2. The van der Waals surface area contributed by atoms with Crippen LogP contribution in [0.4, 0.5) is 19.0 Å². The average molecular weight is 377 g/mol. The van der Waals surface area contributed by atoms with Gasteiger partial charge in [0.1, 0.15) is 5.82 Å². The Labute approximate surface area is 153 Å². The number of aliphatic hydroxyl groups excluding tert-OH is 1. The third-order valence-electron chi connectivity index (χ3n) is 4.03. The summed E-state index contributed by atoms with van der Waals surface area (Å²) in [6.07, 6.45) is -1.91. The van der Waals surface area contributed by atoms with Gasteiger partial charge in [0.2, 0.25) is 0 Å². The van der Waals surface area contributed by atoms with Crippen LogP contribution >= 0.6 is 0 Å². The molecule has 142 valence electrons. The summed E-state index contributed by atoms with van der Waals surface area (Å²) in [6, 6.07) is 8.45. The lowest BCUT2D eigenvalue weighted by molar-refractivity contribution is -0.137. The number of benzene rings is 1. The monoisotopic (exact) mass is 377 g/mol. The molecule has 8 heteroatoms. The van der Waals surface area contributed by atoms with Crippen molar-refractivity contribution < 1.29 is 23.0 Å². The number of nitrogens with one attached hydrogen (secondary N) is 1. The number of hydrogen-bond donors (Lipinski definition) is 2. The minimum atomic E-state index is -4.38. The molecule has 3 rings (SSSR count). The van der Waals surface area contributed by atoms with Crippen molar-refractivity contribution in [3.8, 4) is 11.1 Å². The van der Waals surface area contributed by atoms with E-state index in [2.05, 4.69) is 15.3 Å². The van der Waals surface area contributed by atoms with E-state index in [1.807, 2.05) is 6.07 Å². The summed E-state index contributed by atoms with van der Waals surface area (Å²) in [5.74, 6) is 0.531. The zero-order chi connectivity index (χ0) is 19.4.